The van der Waals surface area contributed by atoms with E-state index in [2.05, 4.69) is 169 Å². The predicted octanol–water partition coefficient (Wildman–Crippen LogP) is 24.5. The summed E-state index contributed by atoms with van der Waals surface area (Å²) >= 11 is 33.2. The Morgan fingerprint density at radius 1 is 0.333 bits per heavy atom. The number of halogens is 5. The Balaban J connectivity index is 0.000000153. The summed E-state index contributed by atoms with van der Waals surface area (Å²) in [6, 6.07) is 71.3. The van der Waals surface area contributed by atoms with Crippen LogP contribution in [0.25, 0.3) is 0 Å². The van der Waals surface area contributed by atoms with Crippen LogP contribution < -0.4 is 10.6 Å². The minimum Gasteiger partial charge on any atom is -0.354 e. The molecule has 10 aromatic rings. The SMILES string of the molecule is Cc1cc(C)cc(Sc2ccc(C#N)cc2CN2CCNC(=O)C2)c1.Cc1cc(Cl)cc(Sc2ccc(C#N)cc2CN2CC(C)CC(C)C2)c1.Cc1cc(Cl)cc(Sc2ccc(C#N)cc2CN2CCC(C)CC2)c1.Cc1cc(Cl)cc(Sc2ccc(C#N)cc2CN2CCC(F)CC2)c1.Cc1cc(Cl)cc(Sc2ccc(C#N)cc2CN2CCNC(=O)C2)c1. The first-order valence-electron chi connectivity index (χ1n) is 42.6. The van der Waals surface area contributed by atoms with Crippen molar-refractivity contribution in [3.05, 3.63) is 291 Å². The molecule has 2 amide bonds. The molecule has 0 bridgehead atoms. The van der Waals surface area contributed by atoms with Gasteiger partial charge < -0.3 is 10.6 Å². The van der Waals surface area contributed by atoms with E-state index in [4.69, 9.17) is 46.4 Å². The van der Waals surface area contributed by atoms with Gasteiger partial charge in [-0.15, -0.1) is 0 Å². The zero-order valence-electron chi connectivity index (χ0n) is 72.9. The van der Waals surface area contributed by atoms with Crippen LogP contribution in [-0.4, -0.2) is 121 Å². The third-order valence-electron chi connectivity index (χ3n) is 21.9. The molecule has 0 aliphatic carbocycles. The van der Waals surface area contributed by atoms with Gasteiger partial charge >= 0.3 is 0 Å². The summed E-state index contributed by atoms with van der Waals surface area (Å²) in [6.45, 7) is 33.0. The largest absolute Gasteiger partial charge is 0.354 e. The van der Waals surface area contributed by atoms with Gasteiger partial charge in [-0.3, -0.25) is 34.1 Å². The summed E-state index contributed by atoms with van der Waals surface area (Å²) in [6.07, 6.45) is 4.33. The van der Waals surface area contributed by atoms with Gasteiger partial charge in [0.05, 0.1) is 71.3 Å². The van der Waals surface area contributed by atoms with E-state index in [0.29, 0.717) is 73.8 Å². The molecular formula is C102H107Cl4FN12O2S5. The molecule has 14 nitrogen and oxygen atoms in total. The van der Waals surface area contributed by atoms with E-state index in [1.54, 1.807) is 58.8 Å². The standard InChI is InChI=1S/C22H25ClN2S.C21H23ClN2S.C20H20ClFN2S.C20H21N3OS.C19H18ClN3OS/c1-15-7-20(23)10-21(8-15)26-22-5-4-18(11-24)9-19(22)14-25-12-16(2)6-17(3)13-25;1-15-5-7-24(8-6-15)14-18-11-17(13-23)3-4-21(18)25-20-10-16(2)9-19(22)12-20;1-14-8-17(21)11-19(9-14)25-20-3-2-15(12-23)10-16(20)13-24-6-4-18(22)5-7-24;1-14-7-15(2)9-18(8-14)25-19-4-3-16(11-21)10-17(19)12-23-6-5-22-20(24)13-23;1-13-6-16(20)9-17(7-13)25-18-3-2-14(10-21)8-15(18)11-23-5-4-22-19(24)12-23/h4-5,7-10,16-17H,6,12-14H2,1-3H3;3-4,9-12,15H,5-8,14H2,1-2H3;2-3,8-11,18H,4-7,13H2,1H3;3-4,7-10H,5-6,12-13H2,1-2H3,(H,22,24);2-3,6-9H,4-5,11-12H2,1H3,(H,22,24). The summed E-state index contributed by atoms with van der Waals surface area (Å²) in [5, 5.41) is 54.9. The van der Waals surface area contributed by atoms with Gasteiger partial charge in [-0.25, -0.2) is 4.39 Å². The number of carbonyl (C=O) groups excluding carboxylic acids is 2. The maximum Gasteiger partial charge on any atom is 0.234 e. The van der Waals surface area contributed by atoms with Crippen molar-refractivity contribution in [3.8, 4) is 30.3 Å². The Labute approximate surface area is 785 Å². The van der Waals surface area contributed by atoms with Crippen LogP contribution in [0.5, 0.6) is 0 Å². The number of likely N-dealkylation sites (tertiary alicyclic amines) is 3. The first-order chi connectivity index (χ1) is 60.5. The monoisotopic (exact) mass is 1850 g/mol. The summed E-state index contributed by atoms with van der Waals surface area (Å²) in [7, 11) is 0. The first-order valence-corrected chi connectivity index (χ1v) is 48.2. The zero-order valence-corrected chi connectivity index (χ0v) is 80.0. The zero-order chi connectivity index (χ0) is 89.9. The molecule has 5 aliphatic rings. The minimum atomic E-state index is -0.676. The highest BCUT2D eigenvalue weighted by Gasteiger charge is 2.26. The molecule has 2 N–H and O–H groups in total. The lowest BCUT2D eigenvalue weighted by atomic mass is 9.91. The molecule has 5 heterocycles. The number of benzene rings is 10. The van der Waals surface area contributed by atoms with Gasteiger partial charge in [-0.2, -0.15) is 26.3 Å². The van der Waals surface area contributed by atoms with Gasteiger partial charge in [-0.1, -0.05) is 132 Å². The molecule has 2 atom stereocenters. The third-order valence-corrected chi connectivity index (χ3v) is 28.2. The minimum absolute atomic E-state index is 0.0438. The average molecular weight is 1850 g/mol. The van der Waals surface area contributed by atoms with Crippen LogP contribution in [0.3, 0.4) is 0 Å². The molecule has 24 heteroatoms. The molecule has 0 radical (unpaired) electrons. The van der Waals surface area contributed by atoms with Crippen molar-refractivity contribution in [1.82, 2.24) is 35.1 Å². The van der Waals surface area contributed by atoms with Crippen molar-refractivity contribution in [2.45, 2.75) is 182 Å². The molecule has 0 aromatic heterocycles. The van der Waals surface area contributed by atoms with Gasteiger partial charge in [0.25, 0.3) is 0 Å². The highest BCUT2D eigenvalue weighted by atomic mass is 35.5. The Bertz CT molecular complexity index is 5320. The van der Waals surface area contributed by atoms with Crippen molar-refractivity contribution >= 4 is 117 Å². The van der Waals surface area contributed by atoms with Crippen molar-refractivity contribution in [1.29, 1.82) is 26.3 Å². The molecular weight excluding hydrogens is 1750 g/mol. The summed E-state index contributed by atoms with van der Waals surface area (Å²) in [4.78, 5) is 46.1. The Morgan fingerprint density at radius 2 is 0.587 bits per heavy atom. The number of nitrogens with one attached hydrogen (secondary N) is 2. The summed E-state index contributed by atoms with van der Waals surface area (Å²) in [5.41, 5.74) is 16.1. The van der Waals surface area contributed by atoms with Crippen molar-refractivity contribution in [3.63, 3.8) is 0 Å². The Hall–Kier alpha value is -8.77. The fourth-order valence-corrected chi connectivity index (χ4v) is 22.9. The molecule has 10 aromatic carbocycles. The lowest BCUT2D eigenvalue weighted by Gasteiger charge is -2.35. The lowest BCUT2D eigenvalue weighted by molar-refractivity contribution is -0.125. The Morgan fingerprint density at radius 3 is 0.857 bits per heavy atom. The molecule has 126 heavy (non-hydrogen) atoms. The van der Waals surface area contributed by atoms with E-state index < -0.39 is 6.17 Å². The van der Waals surface area contributed by atoms with Crippen LogP contribution in [-0.2, 0) is 42.3 Å². The Kier molecular flexibility index (Phi) is 37.7. The number of hydrogen-bond acceptors (Lipinski definition) is 17. The van der Waals surface area contributed by atoms with Crippen molar-refractivity contribution < 1.29 is 14.0 Å². The lowest BCUT2D eigenvalue weighted by Crippen LogP contribution is -2.47. The van der Waals surface area contributed by atoms with Crippen LogP contribution in [0.4, 0.5) is 4.39 Å². The maximum absolute atomic E-state index is 13.4. The second-order valence-electron chi connectivity index (χ2n) is 33.5. The predicted molar refractivity (Wildman–Crippen MR) is 515 cm³/mol. The molecule has 0 saturated carbocycles. The summed E-state index contributed by atoms with van der Waals surface area (Å²) < 4.78 is 13.4. The number of piperidine rings is 3. The number of carbonyl (C=O) groups is 2. The van der Waals surface area contributed by atoms with Crippen LogP contribution in [0.2, 0.25) is 20.1 Å². The number of alkyl halides is 1. The van der Waals surface area contributed by atoms with Gasteiger partial charge in [0.2, 0.25) is 11.8 Å². The molecule has 15 rings (SSSR count). The van der Waals surface area contributed by atoms with E-state index in [1.807, 2.05) is 141 Å². The molecule has 2 unspecified atom stereocenters. The van der Waals surface area contributed by atoms with E-state index in [9.17, 15) is 40.3 Å². The van der Waals surface area contributed by atoms with Crippen LogP contribution >= 0.6 is 105 Å². The van der Waals surface area contributed by atoms with Crippen LogP contribution in [0, 0.1) is 116 Å². The number of amides is 2. The highest BCUT2D eigenvalue weighted by Crippen LogP contribution is 2.41. The van der Waals surface area contributed by atoms with Crippen molar-refractivity contribution in [2.75, 3.05) is 78.5 Å². The van der Waals surface area contributed by atoms with E-state index in [1.165, 1.54) is 56.2 Å². The molecule has 5 fully saturated rings. The van der Waals surface area contributed by atoms with Gasteiger partial charge in [-0.05, 0) is 342 Å². The number of piperazine rings is 2. The average Bonchev–Trinajstić information content (AvgIpc) is 0.838. The third kappa shape index (κ3) is 31.6. The quantitative estimate of drug-likeness (QED) is 0.0731. The highest BCUT2D eigenvalue weighted by molar-refractivity contribution is 8.00. The second kappa shape index (κ2) is 48.6. The van der Waals surface area contributed by atoms with Gasteiger partial charge in [0.15, 0.2) is 0 Å². The molecule has 5 aliphatic heterocycles. The van der Waals surface area contributed by atoms with Gasteiger partial charge in [0.1, 0.15) is 6.17 Å². The maximum atomic E-state index is 13.4. The number of hydrogen-bond donors (Lipinski definition) is 2. The first kappa shape index (κ1) is 97.8. The fourth-order valence-electron chi connectivity index (χ4n) is 16.1. The van der Waals surface area contributed by atoms with E-state index >= 15 is 0 Å². The normalized spacial score (nSPS) is 16.5. The number of nitriles is 5. The molecule has 5 saturated heterocycles. The topological polar surface area (TPSA) is 193 Å². The second-order valence-corrected chi connectivity index (χ2v) is 40.9. The van der Waals surface area contributed by atoms with Crippen molar-refractivity contribution in [2.24, 2.45) is 17.8 Å². The van der Waals surface area contributed by atoms with E-state index in [0.717, 1.165) is 189 Å². The fraction of sp³-hybridized carbons (Fsp3) is 0.343. The summed E-state index contributed by atoms with van der Waals surface area (Å²) in [5.74, 6) is 2.38. The molecule has 652 valence electrons. The van der Waals surface area contributed by atoms with Gasteiger partial charge in [0, 0.05) is 154 Å². The van der Waals surface area contributed by atoms with Crippen LogP contribution in [0.1, 0.15) is 142 Å². The number of rotatable bonds is 20. The van der Waals surface area contributed by atoms with E-state index in [-0.39, 0.29) is 11.8 Å². The molecule has 0 spiro atoms. The smallest absolute Gasteiger partial charge is 0.234 e. The van der Waals surface area contributed by atoms with Crippen LogP contribution in [0.15, 0.2) is 231 Å². The number of nitrogens with zero attached hydrogens (tertiary/aromatic N) is 10. The number of aryl methyl sites for hydroxylation is 6.